The molecular formula is C22H35N3O5. The number of likely N-dealkylation sites (tertiary alicyclic amines) is 1. The zero-order chi connectivity index (χ0) is 22.1. The second-order valence-electron chi connectivity index (χ2n) is 9.97. The molecule has 8 heteroatoms. The van der Waals surface area contributed by atoms with Crippen molar-refractivity contribution in [2.45, 2.75) is 71.8 Å². The van der Waals surface area contributed by atoms with Crippen LogP contribution in [-0.4, -0.2) is 65.4 Å². The minimum absolute atomic E-state index is 0.173. The first-order chi connectivity index (χ1) is 14.1. The second kappa shape index (κ2) is 8.55. The van der Waals surface area contributed by atoms with Crippen LogP contribution in [0.25, 0.3) is 0 Å². The standard InChI is InChI=1S/C22H35N3O5/c1-5-30-18(27)15-7-6-12-24(13-15)17(26)14-25-19(28)22(23-20(25)29)10-8-16(9-11-22)21(2,3)4/h15-16H,5-14H2,1-4H3,(H,23,29). The minimum atomic E-state index is -0.867. The number of carbonyl (C=O) groups excluding carboxylic acids is 4. The summed E-state index contributed by atoms with van der Waals surface area (Å²) in [7, 11) is 0. The smallest absolute Gasteiger partial charge is 0.325 e. The fraction of sp³-hybridized carbons (Fsp3) is 0.818. The number of piperidine rings is 1. The van der Waals surface area contributed by atoms with E-state index in [0.717, 1.165) is 17.7 Å². The number of amides is 4. The van der Waals surface area contributed by atoms with Crippen LogP contribution in [0.15, 0.2) is 0 Å². The molecule has 168 valence electrons. The van der Waals surface area contributed by atoms with Crippen molar-refractivity contribution in [1.29, 1.82) is 0 Å². The highest BCUT2D eigenvalue weighted by molar-refractivity contribution is 6.09. The Hall–Kier alpha value is -2.12. The summed E-state index contributed by atoms with van der Waals surface area (Å²) in [6.45, 7) is 9.21. The van der Waals surface area contributed by atoms with Gasteiger partial charge in [-0.15, -0.1) is 0 Å². The Balaban J connectivity index is 1.60. The van der Waals surface area contributed by atoms with Gasteiger partial charge in [-0.3, -0.25) is 19.3 Å². The molecule has 1 aliphatic carbocycles. The molecule has 1 spiro atoms. The number of hydrogen-bond acceptors (Lipinski definition) is 5. The van der Waals surface area contributed by atoms with E-state index in [1.165, 1.54) is 0 Å². The highest BCUT2D eigenvalue weighted by Crippen LogP contribution is 2.43. The molecule has 3 fully saturated rings. The predicted molar refractivity (Wildman–Crippen MR) is 110 cm³/mol. The Labute approximate surface area is 178 Å². The van der Waals surface area contributed by atoms with Gasteiger partial charge in [-0.25, -0.2) is 4.79 Å². The molecule has 1 unspecified atom stereocenters. The van der Waals surface area contributed by atoms with Crippen molar-refractivity contribution in [1.82, 2.24) is 15.1 Å². The number of rotatable bonds is 4. The van der Waals surface area contributed by atoms with Crippen molar-refractivity contribution in [2.75, 3.05) is 26.2 Å². The lowest BCUT2D eigenvalue weighted by molar-refractivity contribution is -0.152. The van der Waals surface area contributed by atoms with Gasteiger partial charge in [0.25, 0.3) is 5.91 Å². The summed E-state index contributed by atoms with van der Waals surface area (Å²) in [5, 5.41) is 2.89. The van der Waals surface area contributed by atoms with E-state index in [4.69, 9.17) is 4.74 Å². The number of nitrogens with zero attached hydrogens (tertiary/aromatic N) is 2. The zero-order valence-electron chi connectivity index (χ0n) is 18.7. The van der Waals surface area contributed by atoms with Crippen LogP contribution in [0.5, 0.6) is 0 Å². The number of urea groups is 1. The maximum absolute atomic E-state index is 13.1. The largest absolute Gasteiger partial charge is 0.466 e. The van der Waals surface area contributed by atoms with Crippen molar-refractivity contribution in [3.05, 3.63) is 0 Å². The molecule has 0 aromatic rings. The van der Waals surface area contributed by atoms with Crippen LogP contribution in [0.1, 0.15) is 66.2 Å². The summed E-state index contributed by atoms with van der Waals surface area (Å²) in [4.78, 5) is 53.2. The second-order valence-corrected chi connectivity index (χ2v) is 9.97. The number of hydrogen-bond donors (Lipinski definition) is 1. The minimum Gasteiger partial charge on any atom is -0.466 e. The van der Waals surface area contributed by atoms with Gasteiger partial charge in [-0.05, 0) is 56.8 Å². The lowest BCUT2D eigenvalue weighted by Crippen LogP contribution is -2.51. The van der Waals surface area contributed by atoms with Gasteiger partial charge in [-0.1, -0.05) is 20.8 Å². The SMILES string of the molecule is CCOC(=O)C1CCCN(C(=O)CN2C(=O)NC3(CCC(C(C)(C)C)CC3)C2=O)C1. The molecule has 0 aromatic carbocycles. The first-order valence-electron chi connectivity index (χ1n) is 11.2. The number of esters is 1. The Morgan fingerprint density at radius 3 is 2.43 bits per heavy atom. The van der Waals surface area contributed by atoms with E-state index in [1.807, 2.05) is 0 Å². The van der Waals surface area contributed by atoms with Gasteiger partial charge in [0.15, 0.2) is 0 Å². The van der Waals surface area contributed by atoms with E-state index >= 15 is 0 Å². The summed E-state index contributed by atoms with van der Waals surface area (Å²) < 4.78 is 5.08. The van der Waals surface area contributed by atoms with Gasteiger partial charge in [0.1, 0.15) is 12.1 Å². The maximum atomic E-state index is 13.1. The third kappa shape index (κ3) is 4.47. The van der Waals surface area contributed by atoms with Gasteiger partial charge in [0.2, 0.25) is 5.91 Å². The van der Waals surface area contributed by atoms with Crippen molar-refractivity contribution in [2.24, 2.45) is 17.3 Å². The van der Waals surface area contributed by atoms with E-state index < -0.39 is 11.6 Å². The molecule has 3 aliphatic rings. The number of imide groups is 1. The molecule has 0 bridgehead atoms. The third-order valence-corrected chi connectivity index (χ3v) is 7.00. The maximum Gasteiger partial charge on any atom is 0.325 e. The summed E-state index contributed by atoms with van der Waals surface area (Å²) in [5.41, 5.74) is -0.693. The average molecular weight is 422 g/mol. The Morgan fingerprint density at radius 2 is 1.83 bits per heavy atom. The molecule has 0 radical (unpaired) electrons. The van der Waals surface area contributed by atoms with Crippen molar-refractivity contribution < 1.29 is 23.9 Å². The summed E-state index contributed by atoms with van der Waals surface area (Å²) in [5.74, 6) is -0.707. The molecule has 2 heterocycles. The molecule has 1 saturated carbocycles. The summed E-state index contributed by atoms with van der Waals surface area (Å²) in [6, 6.07) is -0.485. The van der Waals surface area contributed by atoms with E-state index in [2.05, 4.69) is 26.1 Å². The van der Waals surface area contributed by atoms with E-state index in [0.29, 0.717) is 44.8 Å². The first-order valence-corrected chi connectivity index (χ1v) is 11.2. The van der Waals surface area contributed by atoms with E-state index in [9.17, 15) is 19.2 Å². The Kier molecular flexibility index (Phi) is 6.43. The monoisotopic (exact) mass is 421 g/mol. The average Bonchev–Trinajstić information content (AvgIpc) is 2.92. The van der Waals surface area contributed by atoms with Crippen molar-refractivity contribution in [3.8, 4) is 0 Å². The molecule has 0 aromatic heterocycles. The van der Waals surface area contributed by atoms with Crippen LogP contribution in [-0.2, 0) is 19.1 Å². The summed E-state index contributed by atoms with van der Waals surface area (Å²) >= 11 is 0. The molecule has 2 saturated heterocycles. The normalized spacial score (nSPS) is 29.9. The molecule has 3 rings (SSSR count). The van der Waals surface area contributed by atoms with Crippen LogP contribution >= 0.6 is 0 Å². The van der Waals surface area contributed by atoms with Crippen LogP contribution < -0.4 is 5.32 Å². The van der Waals surface area contributed by atoms with Gasteiger partial charge in [0, 0.05) is 13.1 Å². The lowest BCUT2D eigenvalue weighted by Gasteiger charge is -2.40. The quantitative estimate of drug-likeness (QED) is 0.555. The number of ether oxygens (including phenoxy) is 1. The predicted octanol–water partition coefficient (Wildman–Crippen LogP) is 2.31. The summed E-state index contributed by atoms with van der Waals surface area (Å²) in [6.07, 6.45) is 4.37. The third-order valence-electron chi connectivity index (χ3n) is 7.00. The molecule has 30 heavy (non-hydrogen) atoms. The van der Waals surface area contributed by atoms with E-state index in [1.54, 1.807) is 11.8 Å². The Morgan fingerprint density at radius 1 is 1.17 bits per heavy atom. The van der Waals surface area contributed by atoms with Crippen molar-refractivity contribution >= 4 is 23.8 Å². The molecular weight excluding hydrogens is 386 g/mol. The first kappa shape index (κ1) is 22.6. The lowest BCUT2D eigenvalue weighted by atomic mass is 9.67. The highest BCUT2D eigenvalue weighted by Gasteiger charge is 2.53. The van der Waals surface area contributed by atoms with Gasteiger partial charge < -0.3 is 15.0 Å². The number of nitrogens with one attached hydrogen (secondary N) is 1. The molecule has 2 aliphatic heterocycles. The molecule has 1 N–H and O–H groups in total. The molecule has 4 amide bonds. The zero-order valence-corrected chi connectivity index (χ0v) is 18.7. The molecule has 1 atom stereocenters. The Bertz CT molecular complexity index is 706. The van der Waals surface area contributed by atoms with Gasteiger partial charge >= 0.3 is 12.0 Å². The van der Waals surface area contributed by atoms with E-state index in [-0.39, 0.29) is 42.2 Å². The highest BCUT2D eigenvalue weighted by atomic mass is 16.5. The number of carbonyl (C=O) groups is 4. The van der Waals surface area contributed by atoms with Crippen LogP contribution in [0, 0.1) is 17.3 Å². The fourth-order valence-electron chi connectivity index (χ4n) is 5.03. The topological polar surface area (TPSA) is 96.0 Å². The van der Waals surface area contributed by atoms with Crippen molar-refractivity contribution in [3.63, 3.8) is 0 Å². The van der Waals surface area contributed by atoms with Crippen LogP contribution in [0.4, 0.5) is 4.79 Å². The van der Waals surface area contributed by atoms with Crippen LogP contribution in [0.2, 0.25) is 0 Å². The van der Waals surface area contributed by atoms with Gasteiger partial charge in [0.05, 0.1) is 12.5 Å². The van der Waals surface area contributed by atoms with Crippen LogP contribution in [0.3, 0.4) is 0 Å². The molecule has 8 nitrogen and oxygen atoms in total. The van der Waals surface area contributed by atoms with Gasteiger partial charge in [-0.2, -0.15) is 0 Å². The fourth-order valence-corrected chi connectivity index (χ4v) is 5.03.